The molecule has 0 spiro atoms. The second-order valence-electron chi connectivity index (χ2n) is 7.86. The highest BCUT2D eigenvalue weighted by Gasteiger charge is 2.28. The maximum atomic E-state index is 13.6. The van der Waals surface area contributed by atoms with Crippen molar-refractivity contribution in [3.8, 4) is 0 Å². The lowest BCUT2D eigenvalue weighted by Gasteiger charge is -2.23. The van der Waals surface area contributed by atoms with Gasteiger partial charge < -0.3 is 16.0 Å². The molecule has 1 aromatic carbocycles. The van der Waals surface area contributed by atoms with Gasteiger partial charge in [0.15, 0.2) is 5.65 Å². The Kier molecular flexibility index (Phi) is 4.60. The summed E-state index contributed by atoms with van der Waals surface area (Å²) in [6.45, 7) is 3.05. The molecule has 146 valence electrons. The van der Waals surface area contributed by atoms with Crippen molar-refractivity contribution in [1.29, 1.82) is 0 Å². The number of hydrogen-bond acceptors (Lipinski definition) is 5. The van der Waals surface area contributed by atoms with Crippen LogP contribution in [0.15, 0.2) is 36.5 Å². The minimum absolute atomic E-state index is 0.266. The number of nitrogens with zero attached hydrogens (tertiary/aromatic N) is 3. The summed E-state index contributed by atoms with van der Waals surface area (Å²) in [7, 11) is 0. The smallest absolute Gasteiger partial charge is 0.163 e. The second kappa shape index (κ2) is 7.39. The summed E-state index contributed by atoms with van der Waals surface area (Å²) in [5.74, 6) is 2.52. The van der Waals surface area contributed by atoms with E-state index in [0.29, 0.717) is 17.5 Å². The fraction of sp³-hybridized carbons (Fsp3) is 0.429. The molecule has 28 heavy (non-hydrogen) atoms. The number of anilines is 3. The first kappa shape index (κ1) is 17.4. The van der Waals surface area contributed by atoms with Crippen LogP contribution < -0.4 is 16.0 Å². The Morgan fingerprint density at radius 1 is 1.21 bits per heavy atom. The number of piperidine rings is 1. The highest BCUT2D eigenvalue weighted by Crippen LogP contribution is 2.42. The first-order valence-corrected chi connectivity index (χ1v) is 10.1. The largest absolute Gasteiger partial charge is 0.370 e. The van der Waals surface area contributed by atoms with E-state index in [2.05, 4.69) is 21.0 Å². The Morgan fingerprint density at radius 3 is 2.93 bits per heavy atom. The average molecular weight is 380 g/mol. The van der Waals surface area contributed by atoms with E-state index in [4.69, 9.17) is 4.98 Å². The Morgan fingerprint density at radius 2 is 2.14 bits per heavy atom. The summed E-state index contributed by atoms with van der Waals surface area (Å²) < 4.78 is 15.4. The normalized spacial score (nSPS) is 19.7. The van der Waals surface area contributed by atoms with E-state index in [0.717, 1.165) is 36.9 Å². The van der Waals surface area contributed by atoms with Crippen molar-refractivity contribution in [2.75, 3.05) is 30.3 Å². The van der Waals surface area contributed by atoms with Gasteiger partial charge in [0.05, 0.1) is 6.20 Å². The summed E-state index contributed by atoms with van der Waals surface area (Å²) in [6.07, 6.45) is 6.77. The van der Waals surface area contributed by atoms with Crippen molar-refractivity contribution in [3.05, 3.63) is 47.9 Å². The SMILES string of the molecule is Fc1cccc(Nc2cc(NC[C@H]3CCCNC3)nc3c(C4CC4)cnn23)c1. The maximum Gasteiger partial charge on any atom is 0.163 e. The number of nitrogens with one attached hydrogen (secondary N) is 3. The van der Waals surface area contributed by atoms with Crippen molar-refractivity contribution in [2.24, 2.45) is 5.92 Å². The minimum Gasteiger partial charge on any atom is -0.370 e. The van der Waals surface area contributed by atoms with Crippen LogP contribution in [0.2, 0.25) is 0 Å². The van der Waals surface area contributed by atoms with Crippen LogP contribution in [0.3, 0.4) is 0 Å². The molecule has 1 aliphatic carbocycles. The monoisotopic (exact) mass is 380 g/mol. The molecule has 2 aromatic heterocycles. The standard InChI is InChI=1S/C21H25FN6/c22-16-4-1-5-17(9-16)26-20-10-19(24-12-14-3-2-8-23-11-14)27-21-18(15-6-7-15)13-25-28(20)21/h1,4-5,9-10,13-15,23,26H,2-3,6-8,11-12H2,(H,24,27)/t14-/m0/s1. The van der Waals surface area contributed by atoms with E-state index in [1.54, 1.807) is 6.07 Å². The van der Waals surface area contributed by atoms with Crippen LogP contribution in [0, 0.1) is 11.7 Å². The van der Waals surface area contributed by atoms with Crippen LogP contribution in [-0.4, -0.2) is 34.2 Å². The minimum atomic E-state index is -0.266. The van der Waals surface area contributed by atoms with E-state index < -0.39 is 0 Å². The molecule has 3 N–H and O–H groups in total. The van der Waals surface area contributed by atoms with Crippen LogP contribution in [0.1, 0.15) is 37.2 Å². The summed E-state index contributed by atoms with van der Waals surface area (Å²) in [6, 6.07) is 8.43. The molecular weight excluding hydrogens is 355 g/mol. The zero-order valence-corrected chi connectivity index (χ0v) is 15.8. The lowest BCUT2D eigenvalue weighted by atomic mass is 10.00. The highest BCUT2D eigenvalue weighted by molar-refractivity contribution is 5.66. The molecule has 0 bridgehead atoms. The Labute approximate surface area is 163 Å². The average Bonchev–Trinajstić information content (AvgIpc) is 3.46. The van der Waals surface area contributed by atoms with Gasteiger partial charge in [-0.1, -0.05) is 6.07 Å². The molecule has 0 radical (unpaired) electrons. The van der Waals surface area contributed by atoms with Crippen LogP contribution in [0.4, 0.5) is 21.7 Å². The predicted octanol–water partition coefficient (Wildman–Crippen LogP) is 3.90. The summed E-state index contributed by atoms with van der Waals surface area (Å²) in [5.41, 5.74) is 2.77. The molecule has 0 amide bonds. The van der Waals surface area contributed by atoms with Crippen LogP contribution in [-0.2, 0) is 0 Å². The van der Waals surface area contributed by atoms with Crippen molar-refractivity contribution in [3.63, 3.8) is 0 Å². The lowest BCUT2D eigenvalue weighted by molar-refractivity contribution is 0.392. The molecule has 3 heterocycles. The fourth-order valence-electron chi connectivity index (χ4n) is 3.90. The topological polar surface area (TPSA) is 66.3 Å². The van der Waals surface area contributed by atoms with Crippen LogP contribution >= 0.6 is 0 Å². The van der Waals surface area contributed by atoms with Gasteiger partial charge in [-0.2, -0.15) is 9.61 Å². The molecule has 2 aliphatic rings. The molecule has 1 saturated heterocycles. The van der Waals surface area contributed by atoms with Gasteiger partial charge in [0, 0.05) is 23.9 Å². The first-order chi connectivity index (χ1) is 13.8. The lowest BCUT2D eigenvalue weighted by Crippen LogP contribution is -2.33. The van der Waals surface area contributed by atoms with Crippen LogP contribution in [0.5, 0.6) is 0 Å². The quantitative estimate of drug-likeness (QED) is 0.605. The molecular formula is C21H25FN6. The fourth-order valence-corrected chi connectivity index (χ4v) is 3.90. The Balaban J connectivity index is 1.46. The zero-order valence-electron chi connectivity index (χ0n) is 15.8. The molecule has 1 saturated carbocycles. The molecule has 5 rings (SSSR count). The number of rotatable bonds is 6. The Bertz CT molecular complexity index is 974. The molecule has 1 atom stereocenters. The number of hydrogen-bond donors (Lipinski definition) is 3. The van der Waals surface area contributed by atoms with Crippen LogP contribution in [0.25, 0.3) is 5.65 Å². The van der Waals surface area contributed by atoms with E-state index >= 15 is 0 Å². The summed E-state index contributed by atoms with van der Waals surface area (Å²) >= 11 is 0. The van der Waals surface area contributed by atoms with E-state index in [9.17, 15) is 4.39 Å². The van der Waals surface area contributed by atoms with Crippen molar-refractivity contribution in [1.82, 2.24) is 19.9 Å². The van der Waals surface area contributed by atoms with E-state index in [1.165, 1.54) is 43.4 Å². The molecule has 6 nitrogen and oxygen atoms in total. The number of fused-ring (bicyclic) bond motifs is 1. The third-order valence-corrected chi connectivity index (χ3v) is 5.58. The maximum absolute atomic E-state index is 13.6. The van der Waals surface area contributed by atoms with Gasteiger partial charge in [-0.25, -0.2) is 9.37 Å². The van der Waals surface area contributed by atoms with Gasteiger partial charge in [-0.15, -0.1) is 0 Å². The molecule has 1 aliphatic heterocycles. The van der Waals surface area contributed by atoms with Gasteiger partial charge in [-0.3, -0.25) is 0 Å². The Hall–Kier alpha value is -2.67. The third-order valence-electron chi connectivity index (χ3n) is 5.58. The molecule has 0 unspecified atom stereocenters. The van der Waals surface area contributed by atoms with E-state index in [-0.39, 0.29) is 5.82 Å². The van der Waals surface area contributed by atoms with Crippen molar-refractivity contribution >= 4 is 23.0 Å². The van der Waals surface area contributed by atoms with E-state index in [1.807, 2.05) is 22.8 Å². The number of benzene rings is 1. The first-order valence-electron chi connectivity index (χ1n) is 10.1. The summed E-state index contributed by atoms with van der Waals surface area (Å²) in [4.78, 5) is 4.86. The molecule has 3 aromatic rings. The number of aromatic nitrogens is 3. The number of halogens is 1. The molecule has 2 fully saturated rings. The van der Waals surface area contributed by atoms with Gasteiger partial charge in [0.25, 0.3) is 0 Å². The predicted molar refractivity (Wildman–Crippen MR) is 109 cm³/mol. The zero-order chi connectivity index (χ0) is 18.9. The van der Waals surface area contributed by atoms with Crippen molar-refractivity contribution in [2.45, 2.75) is 31.6 Å². The molecule has 7 heteroatoms. The summed E-state index contributed by atoms with van der Waals surface area (Å²) in [5, 5.41) is 14.8. The second-order valence-corrected chi connectivity index (χ2v) is 7.86. The van der Waals surface area contributed by atoms with Gasteiger partial charge in [-0.05, 0) is 68.8 Å². The van der Waals surface area contributed by atoms with Crippen molar-refractivity contribution < 1.29 is 4.39 Å². The van der Waals surface area contributed by atoms with Gasteiger partial charge in [0.2, 0.25) is 0 Å². The van der Waals surface area contributed by atoms with Gasteiger partial charge >= 0.3 is 0 Å². The van der Waals surface area contributed by atoms with Gasteiger partial charge in [0.1, 0.15) is 17.5 Å². The third kappa shape index (κ3) is 3.67. The highest BCUT2D eigenvalue weighted by atomic mass is 19.1.